The van der Waals surface area contributed by atoms with E-state index in [9.17, 15) is 9.59 Å². The van der Waals surface area contributed by atoms with Gasteiger partial charge in [0.2, 0.25) is 5.91 Å². The number of azide groups is 1. The normalized spacial score (nSPS) is 14.6. The highest BCUT2D eigenvalue weighted by Crippen LogP contribution is 1.96. The van der Waals surface area contributed by atoms with Crippen molar-refractivity contribution in [3.63, 3.8) is 0 Å². The molecule has 3 unspecified atom stereocenters. The van der Waals surface area contributed by atoms with Crippen molar-refractivity contribution >= 4 is 12.2 Å². The van der Waals surface area contributed by atoms with Gasteiger partial charge in [-0.15, -0.1) is 0 Å². The summed E-state index contributed by atoms with van der Waals surface area (Å²) in [7, 11) is 0. The first-order chi connectivity index (χ1) is 7.40. The van der Waals surface area contributed by atoms with Crippen molar-refractivity contribution in [3.8, 4) is 0 Å². The van der Waals surface area contributed by atoms with Crippen LogP contribution in [0.1, 0.15) is 6.92 Å². The summed E-state index contributed by atoms with van der Waals surface area (Å²) in [5.41, 5.74) is 7.47. The van der Waals surface area contributed by atoms with E-state index in [4.69, 9.17) is 26.0 Å². The SMILES string of the molecule is CC(=O)N=[N+]=[N-].O=CC(O)C(O)C(O)CO. The van der Waals surface area contributed by atoms with Gasteiger partial charge in [0.1, 0.15) is 18.3 Å². The number of amides is 1. The van der Waals surface area contributed by atoms with Gasteiger partial charge in [-0.3, -0.25) is 4.79 Å². The van der Waals surface area contributed by atoms with Crippen LogP contribution in [0.5, 0.6) is 0 Å². The molecule has 0 rings (SSSR count). The van der Waals surface area contributed by atoms with E-state index in [1.165, 1.54) is 6.92 Å². The van der Waals surface area contributed by atoms with E-state index in [0.717, 1.165) is 0 Å². The highest BCUT2D eigenvalue weighted by atomic mass is 16.4. The number of aliphatic hydroxyl groups excluding tert-OH is 4. The summed E-state index contributed by atoms with van der Waals surface area (Å²) in [6.45, 7) is 0.506. The molecule has 0 spiro atoms. The molecule has 92 valence electrons. The Morgan fingerprint density at radius 1 is 1.50 bits per heavy atom. The summed E-state index contributed by atoms with van der Waals surface area (Å²) in [6, 6.07) is 0. The Labute approximate surface area is 90.6 Å². The molecule has 0 aliphatic carbocycles. The number of carbonyl (C=O) groups is 2. The maximum absolute atomic E-state index is 9.76. The van der Waals surface area contributed by atoms with Crippen LogP contribution in [0.25, 0.3) is 10.4 Å². The van der Waals surface area contributed by atoms with Crippen LogP contribution in [0.3, 0.4) is 0 Å². The van der Waals surface area contributed by atoms with E-state index in [-0.39, 0.29) is 6.29 Å². The van der Waals surface area contributed by atoms with Gasteiger partial charge < -0.3 is 25.2 Å². The largest absolute Gasteiger partial charge is 0.394 e. The summed E-state index contributed by atoms with van der Waals surface area (Å²) in [4.78, 5) is 21.6. The number of rotatable bonds is 4. The second kappa shape index (κ2) is 10.0. The molecule has 3 atom stereocenters. The first-order valence-electron chi connectivity index (χ1n) is 4.06. The summed E-state index contributed by atoms with van der Waals surface area (Å²) in [6.07, 6.45) is -4.63. The minimum absolute atomic E-state index is 0.0869. The maximum Gasteiger partial charge on any atom is 0.215 e. The standard InChI is InChI=1S/C5H10O5.C2H3N3O/c6-1-3(8)5(10)4(9)2-7;1-2(6)4-5-3/h1,3-5,7-10H,2H2;1H3. The molecule has 1 amide bonds. The van der Waals surface area contributed by atoms with Crippen molar-refractivity contribution in [2.75, 3.05) is 6.61 Å². The summed E-state index contributed by atoms with van der Waals surface area (Å²) >= 11 is 0. The van der Waals surface area contributed by atoms with E-state index in [1.807, 2.05) is 0 Å². The molecule has 0 aromatic heterocycles. The first kappa shape index (κ1) is 16.9. The van der Waals surface area contributed by atoms with Gasteiger partial charge in [0.05, 0.1) is 6.61 Å². The molecule has 0 aromatic carbocycles. The van der Waals surface area contributed by atoms with Gasteiger partial charge in [-0.1, -0.05) is 0 Å². The monoisotopic (exact) mass is 235 g/mol. The van der Waals surface area contributed by atoms with Crippen molar-refractivity contribution in [2.24, 2.45) is 5.11 Å². The van der Waals surface area contributed by atoms with Crippen molar-refractivity contribution in [1.82, 2.24) is 0 Å². The van der Waals surface area contributed by atoms with Crippen LogP contribution in [-0.4, -0.2) is 57.5 Å². The number of hydrogen-bond acceptors (Lipinski definition) is 6. The lowest BCUT2D eigenvalue weighted by Gasteiger charge is -2.16. The van der Waals surface area contributed by atoms with Gasteiger partial charge in [0.25, 0.3) is 0 Å². The van der Waals surface area contributed by atoms with E-state index in [2.05, 4.69) is 10.0 Å². The van der Waals surface area contributed by atoms with Crippen molar-refractivity contribution in [2.45, 2.75) is 25.2 Å². The summed E-state index contributed by atoms with van der Waals surface area (Å²) in [5.74, 6) is -0.502. The third kappa shape index (κ3) is 9.06. The topological polar surface area (TPSA) is 164 Å². The van der Waals surface area contributed by atoms with Crippen molar-refractivity contribution < 1.29 is 30.0 Å². The number of hydrogen-bond donors (Lipinski definition) is 4. The fourth-order valence-corrected chi connectivity index (χ4v) is 0.479. The lowest BCUT2D eigenvalue weighted by Crippen LogP contribution is -2.40. The highest BCUT2D eigenvalue weighted by Gasteiger charge is 2.22. The van der Waals surface area contributed by atoms with Crippen LogP contribution in [0.4, 0.5) is 0 Å². The van der Waals surface area contributed by atoms with E-state index in [0.29, 0.717) is 0 Å². The smallest absolute Gasteiger partial charge is 0.215 e. The minimum Gasteiger partial charge on any atom is -0.394 e. The van der Waals surface area contributed by atoms with Gasteiger partial charge in [0, 0.05) is 11.8 Å². The molecule has 9 heteroatoms. The number of aliphatic hydroxyl groups is 4. The second-order valence-corrected chi connectivity index (χ2v) is 2.58. The van der Waals surface area contributed by atoms with Crippen LogP contribution in [-0.2, 0) is 9.59 Å². The lowest BCUT2D eigenvalue weighted by atomic mass is 10.1. The third-order valence-electron chi connectivity index (χ3n) is 1.26. The van der Waals surface area contributed by atoms with Gasteiger partial charge in [-0.05, 0) is 10.6 Å². The van der Waals surface area contributed by atoms with Gasteiger partial charge in [-0.2, -0.15) is 0 Å². The molecule has 4 N–H and O–H groups in total. The predicted molar refractivity (Wildman–Crippen MR) is 51.0 cm³/mol. The van der Waals surface area contributed by atoms with Crippen LogP contribution < -0.4 is 0 Å². The Morgan fingerprint density at radius 3 is 2.19 bits per heavy atom. The zero-order chi connectivity index (χ0) is 13.1. The average Bonchev–Trinajstić information content (AvgIpc) is 2.26. The van der Waals surface area contributed by atoms with E-state index in [1.54, 1.807) is 0 Å². The Morgan fingerprint density at radius 2 is 2.00 bits per heavy atom. The number of carbonyl (C=O) groups excluding carboxylic acids is 2. The van der Waals surface area contributed by atoms with E-state index >= 15 is 0 Å². The molecule has 0 radical (unpaired) electrons. The zero-order valence-electron chi connectivity index (χ0n) is 8.46. The van der Waals surface area contributed by atoms with Gasteiger partial charge in [0.15, 0.2) is 6.29 Å². The number of aldehydes is 1. The molecule has 0 aliphatic heterocycles. The maximum atomic E-state index is 9.76. The Hall–Kier alpha value is -1.51. The second-order valence-electron chi connectivity index (χ2n) is 2.58. The van der Waals surface area contributed by atoms with Gasteiger partial charge >= 0.3 is 0 Å². The molecular formula is C7H13N3O6. The quantitative estimate of drug-likeness (QED) is 0.192. The first-order valence-corrected chi connectivity index (χ1v) is 4.06. The van der Waals surface area contributed by atoms with Crippen LogP contribution in [0, 0.1) is 0 Å². The van der Waals surface area contributed by atoms with Crippen LogP contribution in [0.15, 0.2) is 5.11 Å². The molecular weight excluding hydrogens is 222 g/mol. The fourth-order valence-electron chi connectivity index (χ4n) is 0.479. The fraction of sp³-hybridized carbons (Fsp3) is 0.714. The van der Waals surface area contributed by atoms with Crippen molar-refractivity contribution in [3.05, 3.63) is 10.4 Å². The Bertz CT molecular complexity index is 265. The van der Waals surface area contributed by atoms with E-state index < -0.39 is 30.8 Å². The van der Waals surface area contributed by atoms with Crippen LogP contribution in [0.2, 0.25) is 0 Å². The van der Waals surface area contributed by atoms with Gasteiger partial charge in [-0.25, -0.2) is 0 Å². The highest BCUT2D eigenvalue weighted by molar-refractivity contribution is 5.73. The molecule has 0 heterocycles. The lowest BCUT2D eigenvalue weighted by molar-refractivity contribution is -0.127. The number of nitrogens with zero attached hydrogens (tertiary/aromatic N) is 3. The molecule has 0 saturated carbocycles. The zero-order valence-corrected chi connectivity index (χ0v) is 8.46. The van der Waals surface area contributed by atoms with Crippen molar-refractivity contribution in [1.29, 1.82) is 0 Å². The minimum atomic E-state index is -1.64. The Kier molecular flexibility index (Phi) is 10.6. The molecule has 0 bridgehead atoms. The Balaban J connectivity index is 0. The third-order valence-corrected chi connectivity index (χ3v) is 1.26. The average molecular weight is 235 g/mol. The molecule has 0 fully saturated rings. The molecule has 9 nitrogen and oxygen atoms in total. The molecule has 0 aromatic rings. The summed E-state index contributed by atoms with van der Waals surface area (Å²) in [5, 5.41) is 36.7. The summed E-state index contributed by atoms with van der Waals surface area (Å²) < 4.78 is 0. The van der Waals surface area contributed by atoms with Crippen LogP contribution >= 0.6 is 0 Å². The molecule has 0 aliphatic rings. The molecule has 16 heavy (non-hydrogen) atoms. The molecule has 0 saturated heterocycles. The predicted octanol–water partition coefficient (Wildman–Crippen LogP) is -1.90.